The molecule has 0 radical (unpaired) electrons. The lowest BCUT2D eigenvalue weighted by Gasteiger charge is -2.07. The fourth-order valence-corrected chi connectivity index (χ4v) is 1.91. The minimum atomic E-state index is -0.161. The summed E-state index contributed by atoms with van der Waals surface area (Å²) in [4.78, 5) is 23.6. The molecule has 0 unspecified atom stereocenters. The maximum Gasteiger partial charge on any atom is 0.274 e. The van der Waals surface area contributed by atoms with Crippen LogP contribution < -0.4 is 10.9 Å². The largest absolute Gasteiger partial charge is 0.352 e. The predicted molar refractivity (Wildman–Crippen MR) is 73.9 cm³/mol. The predicted octanol–water partition coefficient (Wildman–Crippen LogP) is 0.778. The summed E-state index contributed by atoms with van der Waals surface area (Å²) in [6.45, 7) is 3.96. The number of carbonyl (C=O) groups excluding carboxylic acids is 1. The highest BCUT2D eigenvalue weighted by Crippen LogP contribution is 2.13. The minimum absolute atomic E-state index is 0.141. The Kier molecular flexibility index (Phi) is 3.75. The van der Waals surface area contributed by atoms with Crippen molar-refractivity contribution in [3.8, 4) is 0 Å². The van der Waals surface area contributed by atoms with Gasteiger partial charge >= 0.3 is 0 Å². The highest BCUT2D eigenvalue weighted by Gasteiger charge is 2.11. The lowest BCUT2D eigenvalue weighted by Crippen LogP contribution is -2.28. The summed E-state index contributed by atoms with van der Waals surface area (Å²) in [7, 11) is 1.58. The third-order valence-electron chi connectivity index (χ3n) is 2.80. The number of carbonyl (C=O) groups is 1. The Labute approximate surface area is 110 Å². The van der Waals surface area contributed by atoms with E-state index in [9.17, 15) is 9.59 Å². The standard InChI is InChI=1S/C14H15N3O2/c1-3-8-15-13(18)9-12-10-6-4-5-7-11(10)14(19)17(2)16-12/h3-7H,1,8-9H2,2H3,(H,15,18). The van der Waals surface area contributed by atoms with Gasteiger partial charge < -0.3 is 5.32 Å². The van der Waals surface area contributed by atoms with Crippen LogP contribution in [-0.4, -0.2) is 22.2 Å². The Morgan fingerprint density at radius 2 is 2.11 bits per heavy atom. The summed E-state index contributed by atoms with van der Waals surface area (Å²) >= 11 is 0. The molecule has 98 valence electrons. The van der Waals surface area contributed by atoms with Crippen molar-refractivity contribution < 1.29 is 4.79 Å². The summed E-state index contributed by atoms with van der Waals surface area (Å²) in [5.74, 6) is -0.142. The van der Waals surface area contributed by atoms with Gasteiger partial charge in [-0.3, -0.25) is 9.59 Å². The molecule has 2 aromatic rings. The molecule has 1 aromatic heterocycles. The Hall–Kier alpha value is -2.43. The lowest BCUT2D eigenvalue weighted by atomic mass is 10.1. The molecule has 1 N–H and O–H groups in total. The molecule has 0 spiro atoms. The smallest absolute Gasteiger partial charge is 0.274 e. The number of amides is 1. The van der Waals surface area contributed by atoms with E-state index in [0.717, 1.165) is 5.39 Å². The molecule has 0 fully saturated rings. The number of nitrogens with one attached hydrogen (secondary N) is 1. The third-order valence-corrected chi connectivity index (χ3v) is 2.80. The summed E-state index contributed by atoms with van der Waals surface area (Å²) in [5.41, 5.74) is 0.435. The van der Waals surface area contributed by atoms with E-state index in [0.29, 0.717) is 17.6 Å². The van der Waals surface area contributed by atoms with Crippen LogP contribution in [0.4, 0.5) is 0 Å². The van der Waals surface area contributed by atoms with Gasteiger partial charge in [0.1, 0.15) is 0 Å². The van der Waals surface area contributed by atoms with Gasteiger partial charge in [-0.05, 0) is 6.07 Å². The molecule has 1 aromatic carbocycles. The first-order valence-electron chi connectivity index (χ1n) is 5.96. The van der Waals surface area contributed by atoms with Gasteiger partial charge in [0.25, 0.3) is 5.56 Å². The maximum absolute atomic E-state index is 11.9. The van der Waals surface area contributed by atoms with Crippen molar-refractivity contribution in [3.63, 3.8) is 0 Å². The zero-order valence-corrected chi connectivity index (χ0v) is 10.7. The van der Waals surface area contributed by atoms with Crippen molar-refractivity contribution >= 4 is 16.7 Å². The topological polar surface area (TPSA) is 64.0 Å². The zero-order valence-electron chi connectivity index (χ0n) is 10.7. The second-order valence-electron chi connectivity index (χ2n) is 4.19. The molecule has 0 aliphatic heterocycles. The van der Waals surface area contributed by atoms with E-state index in [1.807, 2.05) is 6.07 Å². The van der Waals surface area contributed by atoms with E-state index in [1.54, 1.807) is 31.3 Å². The van der Waals surface area contributed by atoms with Gasteiger partial charge in [-0.25, -0.2) is 4.68 Å². The number of aryl methyl sites for hydroxylation is 1. The summed E-state index contributed by atoms with van der Waals surface area (Å²) in [6.07, 6.45) is 1.76. The average Bonchev–Trinajstić information content (AvgIpc) is 2.42. The quantitative estimate of drug-likeness (QED) is 0.823. The molecule has 1 heterocycles. The summed E-state index contributed by atoms with van der Waals surface area (Å²) in [5, 5.41) is 8.16. The Bertz CT molecular complexity index is 689. The van der Waals surface area contributed by atoms with Gasteiger partial charge in [-0.15, -0.1) is 6.58 Å². The fourth-order valence-electron chi connectivity index (χ4n) is 1.91. The van der Waals surface area contributed by atoms with Gasteiger partial charge in [0.05, 0.1) is 17.5 Å². The van der Waals surface area contributed by atoms with Crippen LogP contribution in [0.25, 0.3) is 10.8 Å². The molecular formula is C14H15N3O2. The molecule has 5 nitrogen and oxygen atoms in total. The van der Waals surface area contributed by atoms with Crippen LogP contribution in [0.1, 0.15) is 5.69 Å². The first kappa shape index (κ1) is 13.0. The van der Waals surface area contributed by atoms with Crippen molar-refractivity contribution in [1.29, 1.82) is 0 Å². The molecule has 0 aliphatic rings. The zero-order chi connectivity index (χ0) is 13.8. The van der Waals surface area contributed by atoms with Crippen LogP contribution in [0, 0.1) is 0 Å². The van der Waals surface area contributed by atoms with Crippen LogP contribution in [0.2, 0.25) is 0 Å². The van der Waals surface area contributed by atoms with Crippen LogP contribution in [0.5, 0.6) is 0 Å². The molecule has 0 aliphatic carbocycles. The first-order chi connectivity index (χ1) is 9.13. The first-order valence-corrected chi connectivity index (χ1v) is 5.96. The Balaban J connectivity index is 2.43. The van der Waals surface area contributed by atoms with E-state index in [2.05, 4.69) is 17.0 Å². The molecule has 5 heteroatoms. The van der Waals surface area contributed by atoms with Gasteiger partial charge in [0.15, 0.2) is 0 Å². The number of nitrogens with zero attached hydrogens (tertiary/aromatic N) is 2. The van der Waals surface area contributed by atoms with Crippen LogP contribution >= 0.6 is 0 Å². The molecule has 0 atom stereocenters. The summed E-state index contributed by atoms with van der Waals surface area (Å²) < 4.78 is 1.26. The Morgan fingerprint density at radius 1 is 1.42 bits per heavy atom. The highest BCUT2D eigenvalue weighted by atomic mass is 16.1. The number of rotatable bonds is 4. The van der Waals surface area contributed by atoms with Crippen molar-refractivity contribution in [1.82, 2.24) is 15.1 Å². The highest BCUT2D eigenvalue weighted by molar-refractivity contribution is 5.88. The van der Waals surface area contributed by atoms with Crippen molar-refractivity contribution in [2.75, 3.05) is 6.54 Å². The molecular weight excluding hydrogens is 242 g/mol. The molecule has 0 saturated carbocycles. The normalized spacial score (nSPS) is 10.4. The molecule has 0 bridgehead atoms. The number of hydrogen-bond acceptors (Lipinski definition) is 3. The SMILES string of the molecule is C=CCNC(=O)Cc1nn(C)c(=O)c2ccccc12. The number of hydrogen-bond donors (Lipinski definition) is 1. The van der Waals surface area contributed by atoms with Crippen molar-refractivity contribution in [3.05, 3.63) is 53.0 Å². The van der Waals surface area contributed by atoms with Crippen molar-refractivity contribution in [2.45, 2.75) is 6.42 Å². The fraction of sp³-hybridized carbons (Fsp3) is 0.214. The second kappa shape index (κ2) is 5.48. The van der Waals surface area contributed by atoms with E-state index in [4.69, 9.17) is 0 Å². The minimum Gasteiger partial charge on any atom is -0.352 e. The van der Waals surface area contributed by atoms with Gasteiger partial charge in [-0.2, -0.15) is 5.10 Å². The number of aromatic nitrogens is 2. The van der Waals surface area contributed by atoms with E-state index in [-0.39, 0.29) is 17.9 Å². The van der Waals surface area contributed by atoms with Gasteiger partial charge in [0.2, 0.25) is 5.91 Å². The van der Waals surface area contributed by atoms with Crippen LogP contribution in [0.15, 0.2) is 41.7 Å². The maximum atomic E-state index is 11.9. The number of fused-ring (bicyclic) bond motifs is 1. The van der Waals surface area contributed by atoms with Gasteiger partial charge in [0, 0.05) is 19.0 Å². The van der Waals surface area contributed by atoms with E-state index >= 15 is 0 Å². The molecule has 19 heavy (non-hydrogen) atoms. The van der Waals surface area contributed by atoms with Crippen LogP contribution in [-0.2, 0) is 18.3 Å². The second-order valence-corrected chi connectivity index (χ2v) is 4.19. The summed E-state index contributed by atoms with van der Waals surface area (Å²) in [6, 6.07) is 7.17. The average molecular weight is 257 g/mol. The third kappa shape index (κ3) is 2.70. The van der Waals surface area contributed by atoms with E-state index < -0.39 is 0 Å². The van der Waals surface area contributed by atoms with Crippen molar-refractivity contribution in [2.24, 2.45) is 7.05 Å². The van der Waals surface area contributed by atoms with Crippen LogP contribution in [0.3, 0.4) is 0 Å². The molecule has 0 saturated heterocycles. The van der Waals surface area contributed by atoms with Gasteiger partial charge in [-0.1, -0.05) is 24.3 Å². The van der Waals surface area contributed by atoms with E-state index in [1.165, 1.54) is 4.68 Å². The molecule has 2 rings (SSSR count). The lowest BCUT2D eigenvalue weighted by molar-refractivity contribution is -0.120. The number of benzene rings is 1. The Morgan fingerprint density at radius 3 is 2.79 bits per heavy atom. The molecule has 1 amide bonds. The monoisotopic (exact) mass is 257 g/mol.